The van der Waals surface area contributed by atoms with E-state index in [1.165, 1.54) is 0 Å². The quantitative estimate of drug-likeness (QED) is 0.791. The highest BCUT2D eigenvalue weighted by atomic mass is 16.5. The maximum atomic E-state index is 12.5. The molecule has 0 radical (unpaired) electrons. The molecule has 124 valence electrons. The van der Waals surface area contributed by atoms with Crippen molar-refractivity contribution in [2.75, 3.05) is 6.61 Å². The summed E-state index contributed by atoms with van der Waals surface area (Å²) in [5, 5.41) is 12.3. The first-order valence-electron chi connectivity index (χ1n) is 7.85. The molecule has 0 aliphatic heterocycles. The third-order valence-electron chi connectivity index (χ3n) is 4.39. The first kappa shape index (κ1) is 17.1. The molecule has 1 aromatic rings. The van der Waals surface area contributed by atoms with Gasteiger partial charge in [-0.3, -0.25) is 9.59 Å². The summed E-state index contributed by atoms with van der Waals surface area (Å²) in [6.07, 6.45) is 4.74. The van der Waals surface area contributed by atoms with Gasteiger partial charge in [0.2, 0.25) is 0 Å². The summed E-state index contributed by atoms with van der Waals surface area (Å²) in [6.45, 7) is 5.81. The van der Waals surface area contributed by atoms with Gasteiger partial charge >= 0.3 is 5.97 Å². The Bertz CT molecular complexity index is 581. The predicted octanol–water partition coefficient (Wildman–Crippen LogP) is 3.01. The Balaban J connectivity index is 2.07. The lowest BCUT2D eigenvalue weighted by atomic mass is 9.73. The number of hydrogen-bond donors (Lipinski definition) is 2. The van der Waals surface area contributed by atoms with Crippen molar-refractivity contribution in [2.45, 2.75) is 38.1 Å². The van der Waals surface area contributed by atoms with Gasteiger partial charge < -0.3 is 15.2 Å². The van der Waals surface area contributed by atoms with Crippen LogP contribution >= 0.6 is 0 Å². The van der Waals surface area contributed by atoms with Crippen LogP contribution in [-0.2, 0) is 4.79 Å². The lowest BCUT2D eigenvalue weighted by molar-refractivity contribution is -0.145. The number of ether oxygens (including phenoxy) is 1. The summed E-state index contributed by atoms with van der Waals surface area (Å²) in [5.41, 5.74) is -0.217. The third-order valence-corrected chi connectivity index (χ3v) is 4.39. The van der Waals surface area contributed by atoms with Crippen LogP contribution < -0.4 is 10.1 Å². The molecule has 0 bridgehead atoms. The molecule has 1 fully saturated rings. The van der Waals surface area contributed by atoms with E-state index in [1.54, 1.807) is 30.3 Å². The average Bonchev–Trinajstić information content (AvgIpc) is 2.53. The fraction of sp³-hybridized carbons (Fsp3) is 0.444. The van der Waals surface area contributed by atoms with Crippen LogP contribution in [0, 0.1) is 5.92 Å². The highest BCUT2D eigenvalue weighted by molar-refractivity contribution is 5.95. The molecule has 1 aliphatic carbocycles. The minimum Gasteiger partial charge on any atom is -0.490 e. The zero-order valence-corrected chi connectivity index (χ0v) is 13.4. The second kappa shape index (κ2) is 7.31. The van der Waals surface area contributed by atoms with Crippen LogP contribution in [0.3, 0.4) is 0 Å². The van der Waals surface area contributed by atoms with Gasteiger partial charge in [-0.2, -0.15) is 0 Å². The van der Waals surface area contributed by atoms with Gasteiger partial charge in [-0.15, -0.1) is 0 Å². The number of amides is 1. The van der Waals surface area contributed by atoms with Crippen molar-refractivity contribution in [1.29, 1.82) is 0 Å². The first-order chi connectivity index (χ1) is 11.0. The van der Waals surface area contributed by atoms with Gasteiger partial charge in [-0.1, -0.05) is 25.5 Å². The van der Waals surface area contributed by atoms with Gasteiger partial charge in [0.25, 0.3) is 5.91 Å². The molecule has 2 unspecified atom stereocenters. The molecule has 5 heteroatoms. The second-order valence-corrected chi connectivity index (χ2v) is 6.13. The number of benzene rings is 1. The molecule has 2 rings (SSSR count). The lowest BCUT2D eigenvalue weighted by Gasteiger charge is -2.39. The van der Waals surface area contributed by atoms with E-state index < -0.39 is 17.4 Å². The summed E-state index contributed by atoms with van der Waals surface area (Å²) >= 11 is 0. The lowest BCUT2D eigenvalue weighted by Crippen LogP contribution is -2.55. The zero-order chi connectivity index (χ0) is 16.9. The number of rotatable bonds is 6. The van der Waals surface area contributed by atoms with Gasteiger partial charge in [0, 0.05) is 5.56 Å². The first-order valence-corrected chi connectivity index (χ1v) is 7.85. The summed E-state index contributed by atoms with van der Waals surface area (Å²) in [6, 6.07) is 6.79. The maximum Gasteiger partial charge on any atom is 0.308 e. The number of carboxylic acid groups (broad SMARTS) is 1. The standard InChI is InChI=1S/C18H23NO4/c1-3-12-23-14-9-7-13(8-10-14)16(20)19-18(2)11-5-4-6-15(18)17(21)22/h3,7-10,15H,1,4-6,11-12H2,2H3,(H,19,20)(H,21,22). The van der Waals surface area contributed by atoms with E-state index in [9.17, 15) is 14.7 Å². The van der Waals surface area contributed by atoms with Gasteiger partial charge in [-0.05, 0) is 44.0 Å². The van der Waals surface area contributed by atoms with Crippen molar-refractivity contribution in [2.24, 2.45) is 5.92 Å². The number of carboxylic acids is 1. The van der Waals surface area contributed by atoms with Crippen LogP contribution in [0.2, 0.25) is 0 Å². The summed E-state index contributed by atoms with van der Waals surface area (Å²) in [7, 11) is 0. The van der Waals surface area contributed by atoms with Crippen LogP contribution in [0.4, 0.5) is 0 Å². The number of nitrogens with one attached hydrogen (secondary N) is 1. The maximum absolute atomic E-state index is 12.5. The minimum atomic E-state index is -0.847. The van der Waals surface area contributed by atoms with Gasteiger partial charge in [0.15, 0.2) is 0 Å². The summed E-state index contributed by atoms with van der Waals surface area (Å²) < 4.78 is 5.38. The van der Waals surface area contributed by atoms with Crippen LogP contribution in [0.5, 0.6) is 5.75 Å². The zero-order valence-electron chi connectivity index (χ0n) is 13.4. The summed E-state index contributed by atoms with van der Waals surface area (Å²) in [5.74, 6) is -0.985. The molecule has 0 spiro atoms. The number of carbonyl (C=O) groups is 2. The molecule has 23 heavy (non-hydrogen) atoms. The molecule has 1 amide bonds. The molecule has 1 aromatic carbocycles. The van der Waals surface area contributed by atoms with Crippen molar-refractivity contribution in [3.8, 4) is 5.75 Å². The topological polar surface area (TPSA) is 75.6 Å². The van der Waals surface area contributed by atoms with Crippen LogP contribution in [0.25, 0.3) is 0 Å². The van der Waals surface area contributed by atoms with Crippen LogP contribution in [0.1, 0.15) is 43.0 Å². The van der Waals surface area contributed by atoms with E-state index in [4.69, 9.17) is 4.74 Å². The van der Waals surface area contributed by atoms with E-state index in [2.05, 4.69) is 11.9 Å². The fourth-order valence-corrected chi connectivity index (χ4v) is 3.07. The Morgan fingerprint density at radius 1 is 1.39 bits per heavy atom. The van der Waals surface area contributed by atoms with Crippen molar-refractivity contribution in [3.63, 3.8) is 0 Å². The van der Waals surface area contributed by atoms with E-state index in [-0.39, 0.29) is 5.91 Å². The molecule has 2 atom stereocenters. The largest absolute Gasteiger partial charge is 0.490 e. The van der Waals surface area contributed by atoms with Gasteiger partial charge in [0.1, 0.15) is 12.4 Å². The van der Waals surface area contributed by atoms with Crippen LogP contribution in [0.15, 0.2) is 36.9 Å². The molecular weight excluding hydrogens is 294 g/mol. The predicted molar refractivity (Wildman–Crippen MR) is 87.6 cm³/mol. The van der Waals surface area contributed by atoms with Crippen molar-refractivity contribution >= 4 is 11.9 Å². The van der Waals surface area contributed by atoms with Crippen molar-refractivity contribution in [1.82, 2.24) is 5.32 Å². The molecule has 1 aliphatic rings. The van der Waals surface area contributed by atoms with E-state index in [0.717, 1.165) is 12.8 Å². The molecule has 2 N–H and O–H groups in total. The normalized spacial score (nSPS) is 23.8. The molecular formula is C18H23NO4. The highest BCUT2D eigenvalue weighted by Gasteiger charge is 2.42. The third kappa shape index (κ3) is 4.12. The second-order valence-electron chi connectivity index (χ2n) is 6.13. The monoisotopic (exact) mass is 317 g/mol. The fourth-order valence-electron chi connectivity index (χ4n) is 3.07. The Morgan fingerprint density at radius 3 is 2.70 bits per heavy atom. The average molecular weight is 317 g/mol. The summed E-state index contributed by atoms with van der Waals surface area (Å²) in [4.78, 5) is 23.9. The molecule has 0 heterocycles. The Hall–Kier alpha value is -2.30. The number of hydrogen-bond acceptors (Lipinski definition) is 3. The Kier molecular flexibility index (Phi) is 5.42. The van der Waals surface area contributed by atoms with Crippen molar-refractivity contribution < 1.29 is 19.4 Å². The van der Waals surface area contributed by atoms with Crippen LogP contribution in [-0.4, -0.2) is 29.1 Å². The van der Waals surface area contributed by atoms with Gasteiger partial charge in [0.05, 0.1) is 11.5 Å². The highest BCUT2D eigenvalue weighted by Crippen LogP contribution is 2.34. The Morgan fingerprint density at radius 2 is 2.09 bits per heavy atom. The van der Waals surface area contributed by atoms with Crippen molar-refractivity contribution in [3.05, 3.63) is 42.5 Å². The SMILES string of the molecule is C=CCOc1ccc(C(=O)NC2(C)CCCCC2C(=O)O)cc1. The number of carbonyl (C=O) groups excluding carboxylic acids is 1. The smallest absolute Gasteiger partial charge is 0.308 e. The molecule has 0 aromatic heterocycles. The van der Waals surface area contributed by atoms with E-state index >= 15 is 0 Å². The molecule has 0 saturated heterocycles. The Labute approximate surface area is 136 Å². The minimum absolute atomic E-state index is 0.254. The number of aliphatic carboxylic acids is 1. The van der Waals surface area contributed by atoms with E-state index in [1.807, 2.05) is 6.92 Å². The molecule has 5 nitrogen and oxygen atoms in total. The van der Waals surface area contributed by atoms with E-state index in [0.29, 0.717) is 30.8 Å². The molecule has 1 saturated carbocycles. The van der Waals surface area contributed by atoms with Gasteiger partial charge in [-0.25, -0.2) is 0 Å².